The van der Waals surface area contributed by atoms with Crippen molar-refractivity contribution in [3.8, 4) is 0 Å². The SMILES string of the molecule is Cc1cccc([C@H]2CN(C(=O)c3ccc(C4(C)C=CC=CC4)cc3)C[C@@H]2C[NH+]2CCC(c3ccccc3)CC2)c1. The molecule has 0 aromatic heterocycles. The van der Waals surface area contributed by atoms with E-state index in [9.17, 15) is 4.79 Å². The molecule has 1 aliphatic carbocycles. The number of nitrogens with zero attached hydrogens (tertiary/aromatic N) is 1. The van der Waals surface area contributed by atoms with Gasteiger partial charge in [0.05, 0.1) is 19.6 Å². The number of piperidine rings is 1. The van der Waals surface area contributed by atoms with Crippen LogP contribution in [0.5, 0.6) is 0 Å². The minimum Gasteiger partial charge on any atom is -0.337 e. The molecule has 3 aromatic carbocycles. The van der Waals surface area contributed by atoms with Crippen molar-refractivity contribution in [2.75, 3.05) is 32.7 Å². The molecule has 0 bridgehead atoms. The lowest BCUT2D eigenvalue weighted by atomic mass is 9.77. The number of aryl methyl sites for hydroxylation is 1. The number of quaternary nitrogens is 1. The summed E-state index contributed by atoms with van der Waals surface area (Å²) in [5.41, 5.74) is 6.26. The Hall–Kier alpha value is -3.43. The Morgan fingerprint density at radius 2 is 1.65 bits per heavy atom. The molecule has 0 radical (unpaired) electrons. The molecular weight excluding hydrogens is 488 g/mol. The molecule has 3 aliphatic rings. The zero-order valence-corrected chi connectivity index (χ0v) is 24.1. The number of hydrogen-bond acceptors (Lipinski definition) is 1. The van der Waals surface area contributed by atoms with Crippen molar-refractivity contribution >= 4 is 5.91 Å². The van der Waals surface area contributed by atoms with Gasteiger partial charge in [0.2, 0.25) is 0 Å². The highest BCUT2D eigenvalue weighted by atomic mass is 16.2. The summed E-state index contributed by atoms with van der Waals surface area (Å²) in [6.45, 7) is 9.67. The first kappa shape index (κ1) is 26.8. The van der Waals surface area contributed by atoms with E-state index in [1.165, 1.54) is 48.2 Å². The minimum absolute atomic E-state index is 0.00205. The zero-order valence-electron chi connectivity index (χ0n) is 24.1. The molecule has 206 valence electrons. The zero-order chi connectivity index (χ0) is 27.5. The van der Waals surface area contributed by atoms with Crippen molar-refractivity contribution in [1.82, 2.24) is 4.90 Å². The molecule has 0 spiro atoms. The average molecular weight is 532 g/mol. The predicted molar refractivity (Wildman–Crippen MR) is 164 cm³/mol. The number of allylic oxidation sites excluding steroid dienone is 4. The van der Waals surface area contributed by atoms with Crippen LogP contribution in [-0.2, 0) is 5.41 Å². The van der Waals surface area contributed by atoms with Crippen molar-refractivity contribution in [2.45, 2.75) is 50.4 Å². The molecule has 2 saturated heterocycles. The third-order valence-electron chi connectivity index (χ3n) is 9.76. The van der Waals surface area contributed by atoms with E-state index in [0.29, 0.717) is 17.8 Å². The summed E-state index contributed by atoms with van der Waals surface area (Å²) in [6, 6.07) is 28.4. The van der Waals surface area contributed by atoms with Gasteiger partial charge in [-0.05, 0) is 48.1 Å². The lowest BCUT2D eigenvalue weighted by Crippen LogP contribution is -3.13. The fraction of sp³-hybridized carbons (Fsp3) is 0.378. The molecule has 2 aliphatic heterocycles. The van der Waals surface area contributed by atoms with Crippen LogP contribution in [0.4, 0.5) is 0 Å². The number of amides is 1. The highest BCUT2D eigenvalue weighted by Gasteiger charge is 2.39. The molecule has 0 saturated carbocycles. The number of benzene rings is 3. The van der Waals surface area contributed by atoms with E-state index in [0.717, 1.165) is 31.6 Å². The van der Waals surface area contributed by atoms with Crippen LogP contribution in [0.3, 0.4) is 0 Å². The van der Waals surface area contributed by atoms with E-state index in [2.05, 4.69) is 110 Å². The van der Waals surface area contributed by atoms with E-state index in [1.807, 2.05) is 12.1 Å². The topological polar surface area (TPSA) is 24.8 Å². The largest absolute Gasteiger partial charge is 0.337 e. The second kappa shape index (κ2) is 11.6. The molecule has 3 nitrogen and oxygen atoms in total. The minimum atomic E-state index is 0.00205. The maximum Gasteiger partial charge on any atom is 0.253 e. The van der Waals surface area contributed by atoms with Gasteiger partial charge in [-0.25, -0.2) is 0 Å². The van der Waals surface area contributed by atoms with E-state index >= 15 is 0 Å². The Morgan fingerprint density at radius 1 is 0.900 bits per heavy atom. The molecule has 2 fully saturated rings. The van der Waals surface area contributed by atoms with Gasteiger partial charge >= 0.3 is 0 Å². The first-order valence-electron chi connectivity index (χ1n) is 15.2. The molecule has 3 atom stereocenters. The molecule has 6 rings (SSSR count). The predicted octanol–water partition coefficient (Wildman–Crippen LogP) is 6.09. The van der Waals surface area contributed by atoms with Crippen LogP contribution in [0.1, 0.15) is 70.6 Å². The maximum atomic E-state index is 13.8. The number of hydrogen-bond donors (Lipinski definition) is 1. The summed E-state index contributed by atoms with van der Waals surface area (Å²) in [6.07, 6.45) is 12.2. The standard InChI is InChI=1S/C37H42N2O/c1-28-10-9-13-32(24-28)35-27-39(36(40)31-14-16-34(17-15-31)37(2)20-7-4-8-21-37)26-33(35)25-38-22-18-30(19-23-38)29-11-5-3-6-12-29/h3-17,20,24,30,33,35H,18-19,21-23,25-27H2,1-2H3/p+1/t33-,35+,37?/m0/s1. The third-order valence-corrected chi connectivity index (χ3v) is 9.76. The van der Waals surface area contributed by atoms with Gasteiger partial charge in [0.15, 0.2) is 0 Å². The van der Waals surface area contributed by atoms with Crippen molar-refractivity contribution < 1.29 is 9.69 Å². The van der Waals surface area contributed by atoms with Crippen LogP contribution in [-0.4, -0.2) is 43.5 Å². The summed E-state index contributed by atoms with van der Waals surface area (Å²) in [5, 5.41) is 0. The normalized spacial score (nSPS) is 28.1. The fourth-order valence-corrected chi connectivity index (χ4v) is 7.30. The number of carbonyl (C=O) groups is 1. The molecule has 1 amide bonds. The maximum absolute atomic E-state index is 13.8. The van der Waals surface area contributed by atoms with Crippen LogP contribution in [0.15, 0.2) is 103 Å². The van der Waals surface area contributed by atoms with Crippen molar-refractivity contribution in [1.29, 1.82) is 0 Å². The van der Waals surface area contributed by atoms with Crippen LogP contribution in [0, 0.1) is 12.8 Å². The van der Waals surface area contributed by atoms with Crippen LogP contribution >= 0.6 is 0 Å². The van der Waals surface area contributed by atoms with Crippen LogP contribution < -0.4 is 4.90 Å². The molecular formula is C37H43N2O+. The Bertz CT molecular complexity index is 1370. The summed E-state index contributed by atoms with van der Waals surface area (Å²) in [7, 11) is 0. The van der Waals surface area contributed by atoms with Gasteiger partial charge in [0.1, 0.15) is 0 Å². The van der Waals surface area contributed by atoms with Gasteiger partial charge < -0.3 is 9.80 Å². The van der Waals surface area contributed by atoms with Crippen molar-refractivity contribution in [3.05, 3.63) is 131 Å². The van der Waals surface area contributed by atoms with Gasteiger partial charge in [-0.1, -0.05) is 104 Å². The van der Waals surface area contributed by atoms with Crippen molar-refractivity contribution in [3.63, 3.8) is 0 Å². The van der Waals surface area contributed by atoms with E-state index in [1.54, 1.807) is 4.90 Å². The quantitative estimate of drug-likeness (QED) is 0.409. The van der Waals surface area contributed by atoms with Gasteiger partial charge in [0, 0.05) is 48.7 Å². The molecule has 1 N–H and O–H groups in total. The van der Waals surface area contributed by atoms with E-state index in [-0.39, 0.29) is 11.3 Å². The first-order valence-corrected chi connectivity index (χ1v) is 15.2. The lowest BCUT2D eigenvalue weighted by Gasteiger charge is -2.32. The third kappa shape index (κ3) is 5.71. The number of nitrogens with one attached hydrogen (secondary N) is 1. The summed E-state index contributed by atoms with van der Waals surface area (Å²) < 4.78 is 0. The lowest BCUT2D eigenvalue weighted by molar-refractivity contribution is -0.908. The van der Waals surface area contributed by atoms with E-state index in [4.69, 9.17) is 0 Å². The molecule has 2 heterocycles. The van der Waals surface area contributed by atoms with Gasteiger partial charge in [-0.15, -0.1) is 0 Å². The summed E-state index contributed by atoms with van der Waals surface area (Å²) >= 11 is 0. The number of likely N-dealkylation sites (tertiary alicyclic amines) is 2. The Balaban J connectivity index is 1.15. The average Bonchev–Trinajstić information content (AvgIpc) is 3.42. The summed E-state index contributed by atoms with van der Waals surface area (Å²) in [5.74, 6) is 1.73. The van der Waals surface area contributed by atoms with Crippen molar-refractivity contribution in [2.24, 2.45) is 5.92 Å². The van der Waals surface area contributed by atoms with Gasteiger partial charge in [-0.2, -0.15) is 0 Å². The van der Waals surface area contributed by atoms with Crippen LogP contribution in [0.2, 0.25) is 0 Å². The van der Waals surface area contributed by atoms with Gasteiger partial charge in [0.25, 0.3) is 5.91 Å². The summed E-state index contributed by atoms with van der Waals surface area (Å²) in [4.78, 5) is 17.6. The Morgan fingerprint density at radius 3 is 2.35 bits per heavy atom. The second-order valence-electron chi connectivity index (χ2n) is 12.6. The Kier molecular flexibility index (Phi) is 7.76. The fourth-order valence-electron chi connectivity index (χ4n) is 7.30. The van der Waals surface area contributed by atoms with Crippen LogP contribution in [0.25, 0.3) is 0 Å². The number of rotatable bonds is 6. The van der Waals surface area contributed by atoms with E-state index < -0.39 is 0 Å². The number of carbonyl (C=O) groups excluding carboxylic acids is 1. The van der Waals surface area contributed by atoms with Gasteiger partial charge in [-0.3, -0.25) is 4.79 Å². The molecule has 3 aromatic rings. The first-order chi connectivity index (χ1) is 19.5. The smallest absolute Gasteiger partial charge is 0.253 e. The second-order valence-corrected chi connectivity index (χ2v) is 12.6. The highest BCUT2D eigenvalue weighted by molar-refractivity contribution is 5.94. The monoisotopic (exact) mass is 531 g/mol. The molecule has 40 heavy (non-hydrogen) atoms. The molecule has 1 unspecified atom stereocenters. The molecule has 3 heteroatoms. The Labute approximate surface area is 240 Å². The highest BCUT2D eigenvalue weighted by Crippen LogP contribution is 2.35.